The summed E-state index contributed by atoms with van der Waals surface area (Å²) in [4.78, 5) is 27.8. The molecule has 0 bridgehead atoms. The largest absolute Gasteiger partial charge is 0.339 e. The third kappa shape index (κ3) is 3.98. The van der Waals surface area contributed by atoms with Gasteiger partial charge < -0.3 is 9.80 Å². The van der Waals surface area contributed by atoms with E-state index in [0.29, 0.717) is 30.3 Å². The average Bonchev–Trinajstić information content (AvgIpc) is 2.78. The Morgan fingerprint density at radius 3 is 2.55 bits per heavy atom. The number of carbonyl (C=O) groups excluding carboxylic acids is 2. The molecule has 0 spiro atoms. The van der Waals surface area contributed by atoms with Gasteiger partial charge in [-0.1, -0.05) is 11.8 Å². The SMILES string of the molecule is CC(=O)SCC1CC(=O)N(C2CCN(C(C)C)CC2)C1. The van der Waals surface area contributed by atoms with Crippen LogP contribution in [0.25, 0.3) is 0 Å². The van der Waals surface area contributed by atoms with Gasteiger partial charge in [0.05, 0.1) is 0 Å². The summed E-state index contributed by atoms with van der Waals surface area (Å²) < 4.78 is 0. The molecule has 0 N–H and O–H groups in total. The predicted octanol–water partition coefficient (Wildman–Crippen LogP) is 1.99. The number of hydrogen-bond donors (Lipinski definition) is 0. The van der Waals surface area contributed by atoms with Crippen molar-refractivity contribution in [3.8, 4) is 0 Å². The minimum Gasteiger partial charge on any atom is -0.339 e. The third-order valence-corrected chi connectivity index (χ3v) is 5.48. The van der Waals surface area contributed by atoms with Crippen LogP contribution in [0.15, 0.2) is 0 Å². The van der Waals surface area contributed by atoms with Crippen molar-refractivity contribution in [2.24, 2.45) is 5.92 Å². The van der Waals surface area contributed by atoms with Crippen molar-refractivity contribution in [3.05, 3.63) is 0 Å². The second kappa shape index (κ2) is 6.94. The minimum absolute atomic E-state index is 0.154. The van der Waals surface area contributed by atoms with E-state index < -0.39 is 0 Å². The Hall–Kier alpha value is -0.550. The van der Waals surface area contributed by atoms with E-state index in [4.69, 9.17) is 0 Å². The van der Waals surface area contributed by atoms with Crippen molar-refractivity contribution in [1.82, 2.24) is 9.80 Å². The zero-order valence-electron chi connectivity index (χ0n) is 12.8. The van der Waals surface area contributed by atoms with E-state index in [1.54, 1.807) is 6.92 Å². The molecule has 0 aliphatic carbocycles. The second-order valence-electron chi connectivity index (χ2n) is 6.28. The van der Waals surface area contributed by atoms with Crippen LogP contribution >= 0.6 is 11.8 Å². The molecule has 2 rings (SSSR count). The summed E-state index contributed by atoms with van der Waals surface area (Å²) in [5, 5.41) is 0.154. The van der Waals surface area contributed by atoms with Gasteiger partial charge >= 0.3 is 0 Å². The van der Waals surface area contributed by atoms with Crippen LogP contribution in [0.4, 0.5) is 0 Å². The maximum atomic E-state index is 12.2. The molecule has 1 unspecified atom stereocenters. The second-order valence-corrected chi connectivity index (χ2v) is 7.48. The maximum absolute atomic E-state index is 12.2. The Morgan fingerprint density at radius 2 is 2.00 bits per heavy atom. The van der Waals surface area contributed by atoms with Gasteiger partial charge in [0.25, 0.3) is 0 Å². The standard InChI is InChI=1S/C15H26N2O2S/c1-11(2)16-6-4-14(5-7-16)17-9-13(8-15(17)19)10-20-12(3)18/h11,13-14H,4-10H2,1-3H3. The van der Waals surface area contributed by atoms with Crippen LogP contribution in [0.3, 0.4) is 0 Å². The van der Waals surface area contributed by atoms with Gasteiger partial charge in [0.1, 0.15) is 0 Å². The van der Waals surface area contributed by atoms with Crippen LogP contribution < -0.4 is 0 Å². The van der Waals surface area contributed by atoms with E-state index in [1.165, 1.54) is 11.8 Å². The molecule has 0 radical (unpaired) electrons. The van der Waals surface area contributed by atoms with E-state index in [2.05, 4.69) is 23.6 Å². The van der Waals surface area contributed by atoms with Crippen molar-refractivity contribution in [3.63, 3.8) is 0 Å². The molecule has 114 valence electrons. The van der Waals surface area contributed by atoms with Gasteiger partial charge in [-0.25, -0.2) is 0 Å². The van der Waals surface area contributed by atoms with Crippen molar-refractivity contribution >= 4 is 22.8 Å². The highest BCUT2D eigenvalue weighted by atomic mass is 32.2. The van der Waals surface area contributed by atoms with Crippen molar-refractivity contribution in [2.75, 3.05) is 25.4 Å². The zero-order chi connectivity index (χ0) is 14.7. The molecular weight excluding hydrogens is 272 g/mol. The van der Waals surface area contributed by atoms with Crippen LogP contribution in [-0.2, 0) is 9.59 Å². The molecule has 2 heterocycles. The fourth-order valence-electron chi connectivity index (χ4n) is 3.22. The first kappa shape index (κ1) is 15.8. The Bertz CT molecular complexity index is 365. The Balaban J connectivity index is 1.82. The zero-order valence-corrected chi connectivity index (χ0v) is 13.6. The monoisotopic (exact) mass is 298 g/mol. The Morgan fingerprint density at radius 1 is 1.35 bits per heavy atom. The number of amides is 1. The van der Waals surface area contributed by atoms with Crippen LogP contribution in [0.5, 0.6) is 0 Å². The molecule has 20 heavy (non-hydrogen) atoms. The highest BCUT2D eigenvalue weighted by Crippen LogP contribution is 2.28. The molecule has 2 aliphatic rings. The lowest BCUT2D eigenvalue weighted by atomic mass is 10.0. The highest BCUT2D eigenvalue weighted by molar-refractivity contribution is 8.13. The summed E-state index contributed by atoms with van der Waals surface area (Å²) in [6, 6.07) is 1.02. The average molecular weight is 298 g/mol. The van der Waals surface area contributed by atoms with Gasteiger partial charge in [-0.2, -0.15) is 0 Å². The van der Waals surface area contributed by atoms with Crippen LogP contribution in [0.2, 0.25) is 0 Å². The van der Waals surface area contributed by atoms with E-state index in [9.17, 15) is 9.59 Å². The molecule has 0 aromatic carbocycles. The first-order valence-electron chi connectivity index (χ1n) is 7.64. The minimum atomic E-state index is 0.154. The maximum Gasteiger partial charge on any atom is 0.223 e. The van der Waals surface area contributed by atoms with Gasteiger partial charge in [-0.15, -0.1) is 0 Å². The van der Waals surface area contributed by atoms with E-state index >= 15 is 0 Å². The Labute approximate surface area is 126 Å². The van der Waals surface area contributed by atoms with Gasteiger partial charge in [0, 0.05) is 50.8 Å². The number of nitrogens with zero attached hydrogens (tertiary/aromatic N) is 2. The highest BCUT2D eigenvalue weighted by Gasteiger charge is 2.35. The molecule has 5 heteroatoms. The molecular formula is C15H26N2O2S. The molecule has 2 saturated heterocycles. The van der Waals surface area contributed by atoms with Gasteiger partial charge in [-0.05, 0) is 32.6 Å². The van der Waals surface area contributed by atoms with Gasteiger partial charge in [-0.3, -0.25) is 9.59 Å². The lowest BCUT2D eigenvalue weighted by Crippen LogP contribution is -2.47. The summed E-state index contributed by atoms with van der Waals surface area (Å²) in [6.07, 6.45) is 2.82. The van der Waals surface area contributed by atoms with Gasteiger partial charge in [0.15, 0.2) is 5.12 Å². The number of piperidine rings is 1. The lowest BCUT2D eigenvalue weighted by Gasteiger charge is -2.38. The first-order chi connectivity index (χ1) is 9.47. The van der Waals surface area contributed by atoms with E-state index in [1.807, 2.05) is 0 Å². The molecule has 0 saturated carbocycles. The van der Waals surface area contributed by atoms with Crippen molar-refractivity contribution < 1.29 is 9.59 Å². The normalized spacial score (nSPS) is 25.7. The van der Waals surface area contributed by atoms with Crippen molar-refractivity contribution in [2.45, 2.75) is 52.1 Å². The molecule has 4 nitrogen and oxygen atoms in total. The topological polar surface area (TPSA) is 40.6 Å². The summed E-state index contributed by atoms with van der Waals surface area (Å²) in [6.45, 7) is 9.11. The molecule has 0 aromatic rings. The number of carbonyl (C=O) groups is 2. The molecule has 0 aromatic heterocycles. The quantitative estimate of drug-likeness (QED) is 0.796. The number of likely N-dealkylation sites (tertiary alicyclic amines) is 2. The number of thioether (sulfide) groups is 1. The fourth-order valence-corrected chi connectivity index (χ4v) is 3.92. The third-order valence-electron chi connectivity index (χ3n) is 4.43. The number of hydrogen-bond acceptors (Lipinski definition) is 4. The summed E-state index contributed by atoms with van der Waals surface area (Å²) in [5.41, 5.74) is 0. The number of rotatable bonds is 4. The molecule has 2 fully saturated rings. The summed E-state index contributed by atoms with van der Waals surface area (Å²) in [7, 11) is 0. The molecule has 1 amide bonds. The lowest BCUT2D eigenvalue weighted by molar-refractivity contribution is -0.130. The molecule has 1 atom stereocenters. The molecule has 2 aliphatic heterocycles. The fraction of sp³-hybridized carbons (Fsp3) is 0.867. The van der Waals surface area contributed by atoms with Crippen molar-refractivity contribution in [1.29, 1.82) is 0 Å². The Kier molecular flexibility index (Phi) is 5.49. The van der Waals surface area contributed by atoms with E-state index in [0.717, 1.165) is 38.2 Å². The predicted molar refractivity (Wildman–Crippen MR) is 82.7 cm³/mol. The van der Waals surface area contributed by atoms with E-state index in [-0.39, 0.29) is 5.12 Å². The van der Waals surface area contributed by atoms with Crippen LogP contribution in [0.1, 0.15) is 40.0 Å². The summed E-state index contributed by atoms with van der Waals surface area (Å²) >= 11 is 1.36. The van der Waals surface area contributed by atoms with Crippen LogP contribution in [0, 0.1) is 5.92 Å². The van der Waals surface area contributed by atoms with Crippen LogP contribution in [-0.4, -0.2) is 58.3 Å². The van der Waals surface area contributed by atoms with Gasteiger partial charge in [0.2, 0.25) is 5.91 Å². The first-order valence-corrected chi connectivity index (χ1v) is 8.62. The summed E-state index contributed by atoms with van der Waals surface area (Å²) in [5.74, 6) is 1.45. The smallest absolute Gasteiger partial charge is 0.223 e.